The molecule has 226 valence electrons. The number of methoxy groups -OCH3 is 2. The Morgan fingerprint density at radius 1 is 0.976 bits per heavy atom. The monoisotopic (exact) mass is 599 g/mol. The van der Waals surface area contributed by atoms with Crippen LogP contribution < -0.4 is 19.1 Å². The molecule has 0 heterocycles. The summed E-state index contributed by atoms with van der Waals surface area (Å²) < 4.78 is 52.6. The van der Waals surface area contributed by atoms with Gasteiger partial charge in [0.15, 0.2) is 0 Å². The summed E-state index contributed by atoms with van der Waals surface area (Å²) in [7, 11) is -1.22. The number of nitrogens with one attached hydrogen (secondary N) is 1. The fraction of sp³-hybridized carbons (Fsp3) is 0.355. The molecular weight excluding hydrogens is 561 g/mol. The summed E-state index contributed by atoms with van der Waals surface area (Å²) in [6.45, 7) is 2.84. The minimum atomic E-state index is -4.04. The number of amides is 2. The molecule has 0 unspecified atom stereocenters. The molecule has 2 atom stereocenters. The van der Waals surface area contributed by atoms with Crippen molar-refractivity contribution in [2.24, 2.45) is 0 Å². The van der Waals surface area contributed by atoms with Crippen LogP contribution in [0.25, 0.3) is 0 Å². The van der Waals surface area contributed by atoms with Crippen molar-refractivity contribution in [1.29, 1.82) is 0 Å². The van der Waals surface area contributed by atoms with Gasteiger partial charge in [-0.2, -0.15) is 0 Å². The van der Waals surface area contributed by atoms with E-state index in [-0.39, 0.29) is 36.0 Å². The Kier molecular flexibility index (Phi) is 11.3. The Hall–Kier alpha value is -4.12. The quantitative estimate of drug-likeness (QED) is 0.298. The van der Waals surface area contributed by atoms with Crippen LogP contribution in [-0.2, 0) is 32.6 Å². The molecule has 0 saturated heterocycles. The van der Waals surface area contributed by atoms with Gasteiger partial charge >= 0.3 is 0 Å². The lowest BCUT2D eigenvalue weighted by atomic mass is 10.0. The lowest BCUT2D eigenvalue weighted by Gasteiger charge is -2.34. The molecule has 0 saturated carbocycles. The zero-order valence-electron chi connectivity index (χ0n) is 24.5. The van der Waals surface area contributed by atoms with Gasteiger partial charge in [0, 0.05) is 30.6 Å². The van der Waals surface area contributed by atoms with Crippen LogP contribution in [0.15, 0.2) is 72.8 Å². The molecule has 3 rings (SSSR count). The minimum absolute atomic E-state index is 0.0854. The number of nitrogens with zero attached hydrogens (tertiary/aromatic N) is 2. The van der Waals surface area contributed by atoms with Gasteiger partial charge in [0.05, 0.1) is 26.2 Å². The van der Waals surface area contributed by atoms with Crippen molar-refractivity contribution in [3.05, 3.63) is 89.7 Å². The van der Waals surface area contributed by atoms with E-state index in [1.54, 1.807) is 12.1 Å². The summed E-state index contributed by atoms with van der Waals surface area (Å²) >= 11 is 0. The van der Waals surface area contributed by atoms with Crippen LogP contribution in [0.3, 0.4) is 0 Å². The molecule has 0 bridgehead atoms. The fourth-order valence-corrected chi connectivity index (χ4v) is 5.24. The van der Waals surface area contributed by atoms with E-state index in [9.17, 15) is 22.4 Å². The predicted molar refractivity (Wildman–Crippen MR) is 161 cm³/mol. The van der Waals surface area contributed by atoms with E-state index in [0.29, 0.717) is 12.2 Å². The maximum absolute atomic E-state index is 14.9. The zero-order valence-corrected chi connectivity index (χ0v) is 25.4. The molecule has 42 heavy (non-hydrogen) atoms. The summed E-state index contributed by atoms with van der Waals surface area (Å²) in [4.78, 5) is 29.1. The average molecular weight is 600 g/mol. The van der Waals surface area contributed by atoms with Crippen molar-refractivity contribution in [3.63, 3.8) is 0 Å². The van der Waals surface area contributed by atoms with E-state index < -0.39 is 40.2 Å². The first kappa shape index (κ1) is 32.4. The smallest absolute Gasteiger partial charge is 0.244 e. The SMILES string of the molecule is CC[C@@H](C)NC(=O)[C@H](Cc1ccccc1)N(Cc1ccccc1F)C(=O)CN(c1cc(OC)ccc1OC)S(C)(=O)=O. The molecule has 11 heteroatoms. The van der Waals surface area contributed by atoms with Gasteiger partial charge in [-0.3, -0.25) is 13.9 Å². The van der Waals surface area contributed by atoms with Gasteiger partial charge in [-0.15, -0.1) is 0 Å². The highest BCUT2D eigenvalue weighted by Gasteiger charge is 2.34. The lowest BCUT2D eigenvalue weighted by molar-refractivity contribution is -0.140. The van der Waals surface area contributed by atoms with Crippen LogP contribution >= 0.6 is 0 Å². The number of carbonyl (C=O) groups is 2. The first-order valence-corrected chi connectivity index (χ1v) is 15.4. The van der Waals surface area contributed by atoms with E-state index in [2.05, 4.69) is 5.32 Å². The second-order valence-electron chi connectivity index (χ2n) is 9.94. The molecule has 0 aliphatic rings. The molecule has 0 aromatic heterocycles. The third kappa shape index (κ3) is 8.45. The zero-order chi connectivity index (χ0) is 30.9. The summed E-state index contributed by atoms with van der Waals surface area (Å²) in [5, 5.41) is 2.94. The molecule has 0 spiro atoms. The number of hydrogen-bond donors (Lipinski definition) is 1. The Balaban J connectivity index is 2.12. The van der Waals surface area contributed by atoms with Crippen molar-refractivity contribution in [3.8, 4) is 11.5 Å². The third-order valence-electron chi connectivity index (χ3n) is 6.90. The first-order chi connectivity index (χ1) is 20.0. The van der Waals surface area contributed by atoms with E-state index >= 15 is 0 Å². The number of benzene rings is 3. The lowest BCUT2D eigenvalue weighted by Crippen LogP contribution is -2.54. The van der Waals surface area contributed by atoms with Crippen LogP contribution in [0.4, 0.5) is 10.1 Å². The molecule has 0 fully saturated rings. The van der Waals surface area contributed by atoms with Gasteiger partial charge in [-0.05, 0) is 37.1 Å². The van der Waals surface area contributed by atoms with Crippen molar-refractivity contribution in [1.82, 2.24) is 10.2 Å². The highest BCUT2D eigenvalue weighted by atomic mass is 32.2. The Labute approximate surface area is 247 Å². The highest BCUT2D eigenvalue weighted by Crippen LogP contribution is 2.34. The van der Waals surface area contributed by atoms with Crippen LogP contribution in [0.5, 0.6) is 11.5 Å². The van der Waals surface area contributed by atoms with Gasteiger partial charge in [0.1, 0.15) is 29.9 Å². The number of halogens is 1. The minimum Gasteiger partial charge on any atom is -0.497 e. The molecule has 3 aromatic rings. The number of ether oxygens (including phenoxy) is 2. The molecular formula is C31H38FN3O6S. The number of anilines is 1. The van der Waals surface area contributed by atoms with Gasteiger partial charge in [-0.1, -0.05) is 55.5 Å². The maximum atomic E-state index is 14.9. The number of rotatable bonds is 14. The Morgan fingerprint density at radius 3 is 2.24 bits per heavy atom. The van der Waals surface area contributed by atoms with Crippen LogP contribution in [0, 0.1) is 5.82 Å². The fourth-order valence-electron chi connectivity index (χ4n) is 4.39. The summed E-state index contributed by atoms with van der Waals surface area (Å²) in [5.74, 6) is -1.13. The second kappa shape index (κ2) is 14.7. The molecule has 2 amide bonds. The topological polar surface area (TPSA) is 105 Å². The van der Waals surface area contributed by atoms with Gasteiger partial charge in [0.25, 0.3) is 0 Å². The third-order valence-corrected chi connectivity index (χ3v) is 8.03. The van der Waals surface area contributed by atoms with Gasteiger partial charge in [0.2, 0.25) is 21.8 Å². The van der Waals surface area contributed by atoms with Crippen LogP contribution in [0.1, 0.15) is 31.4 Å². The predicted octanol–water partition coefficient (Wildman–Crippen LogP) is 4.16. The molecule has 0 aliphatic heterocycles. The first-order valence-electron chi connectivity index (χ1n) is 13.5. The van der Waals surface area contributed by atoms with E-state index in [1.165, 1.54) is 49.5 Å². The van der Waals surface area contributed by atoms with Crippen LogP contribution in [0.2, 0.25) is 0 Å². The maximum Gasteiger partial charge on any atom is 0.244 e. The average Bonchev–Trinajstić information content (AvgIpc) is 2.97. The van der Waals surface area contributed by atoms with Crippen molar-refractivity contribution >= 4 is 27.5 Å². The highest BCUT2D eigenvalue weighted by molar-refractivity contribution is 7.92. The Morgan fingerprint density at radius 2 is 1.64 bits per heavy atom. The number of sulfonamides is 1. The van der Waals surface area contributed by atoms with E-state index in [4.69, 9.17) is 9.47 Å². The molecule has 1 N–H and O–H groups in total. The summed E-state index contributed by atoms with van der Waals surface area (Å²) in [6, 6.07) is 18.4. The van der Waals surface area contributed by atoms with Crippen molar-refractivity contribution < 1.29 is 31.9 Å². The molecule has 0 radical (unpaired) electrons. The van der Waals surface area contributed by atoms with E-state index in [1.807, 2.05) is 44.2 Å². The van der Waals surface area contributed by atoms with Crippen LogP contribution in [-0.4, -0.2) is 64.2 Å². The van der Waals surface area contributed by atoms with Crippen molar-refractivity contribution in [2.75, 3.05) is 31.3 Å². The second-order valence-corrected chi connectivity index (χ2v) is 11.9. The Bertz CT molecular complexity index is 1470. The molecule has 9 nitrogen and oxygen atoms in total. The van der Waals surface area contributed by atoms with Gasteiger partial charge < -0.3 is 19.7 Å². The summed E-state index contributed by atoms with van der Waals surface area (Å²) in [5.41, 5.74) is 1.05. The molecule has 3 aromatic carbocycles. The van der Waals surface area contributed by atoms with Gasteiger partial charge in [-0.25, -0.2) is 12.8 Å². The van der Waals surface area contributed by atoms with Crippen molar-refractivity contribution in [2.45, 2.75) is 45.3 Å². The number of carbonyl (C=O) groups excluding carboxylic acids is 2. The standard InChI is InChI=1S/C31H38FN3O6S/c1-6-22(2)33-31(37)28(18-23-12-8-7-9-13-23)34(20-24-14-10-11-15-26(24)32)30(36)21-35(42(5,38)39)27-19-25(40-3)16-17-29(27)41-4/h7-17,19,22,28H,6,18,20-21H2,1-5H3,(H,33,37)/t22-,28+/m1/s1. The summed E-state index contributed by atoms with van der Waals surface area (Å²) in [6.07, 6.45) is 1.75. The largest absolute Gasteiger partial charge is 0.497 e. The number of hydrogen-bond acceptors (Lipinski definition) is 6. The normalized spacial score (nSPS) is 12.6. The molecule has 0 aliphatic carbocycles. The van der Waals surface area contributed by atoms with E-state index in [0.717, 1.165) is 16.1 Å².